The molecule has 8 nitrogen and oxygen atoms in total. The number of aliphatic hydroxyl groups is 1. The quantitative estimate of drug-likeness (QED) is 0.206. The number of Topliss-reactive ketones (excluding diaryl/α,β-unsaturated/α-hetero) is 1. The number of rotatable bonds is 10. The van der Waals surface area contributed by atoms with E-state index in [0.29, 0.717) is 31.7 Å². The van der Waals surface area contributed by atoms with Crippen molar-refractivity contribution in [2.45, 2.75) is 57.4 Å². The maximum Gasteiger partial charge on any atom is 0.295 e. The van der Waals surface area contributed by atoms with Gasteiger partial charge in [-0.15, -0.1) is 0 Å². The first kappa shape index (κ1) is 29.5. The molecule has 0 spiro atoms. The van der Waals surface area contributed by atoms with E-state index < -0.39 is 27.8 Å². The van der Waals surface area contributed by atoms with E-state index in [4.69, 9.17) is 4.74 Å². The summed E-state index contributed by atoms with van der Waals surface area (Å²) in [4.78, 5) is 27.9. The Morgan fingerprint density at radius 3 is 2.08 bits per heavy atom. The van der Waals surface area contributed by atoms with E-state index in [9.17, 15) is 23.1 Å². The highest BCUT2D eigenvalue weighted by Gasteiger charge is 2.45. The second-order valence-corrected chi connectivity index (χ2v) is 12.3. The molecule has 3 rings (SSSR count). The number of carbonyl (C=O) groups is 2. The zero-order valence-corrected chi connectivity index (χ0v) is 23.8. The normalized spacial score (nSPS) is 18.0. The lowest BCUT2D eigenvalue weighted by Crippen LogP contribution is -2.31. The number of amides is 1. The Morgan fingerprint density at radius 1 is 1.00 bits per heavy atom. The van der Waals surface area contributed by atoms with Crippen molar-refractivity contribution in [1.82, 2.24) is 9.21 Å². The van der Waals surface area contributed by atoms with Crippen LogP contribution in [0, 0.1) is 0 Å². The van der Waals surface area contributed by atoms with E-state index in [1.54, 1.807) is 21.0 Å². The monoisotopic (exact) mass is 542 g/mol. The van der Waals surface area contributed by atoms with Gasteiger partial charge in [-0.25, -0.2) is 8.42 Å². The van der Waals surface area contributed by atoms with Gasteiger partial charge in [0.15, 0.2) is 0 Å². The van der Waals surface area contributed by atoms with Crippen molar-refractivity contribution in [3.63, 3.8) is 0 Å². The van der Waals surface area contributed by atoms with E-state index in [1.165, 1.54) is 33.5 Å². The summed E-state index contributed by atoms with van der Waals surface area (Å²) < 4.78 is 32.2. The number of nitrogens with zero attached hydrogens (tertiary/aromatic N) is 2. The Labute approximate surface area is 226 Å². The molecular weight excluding hydrogens is 504 g/mol. The number of likely N-dealkylation sites (tertiary alicyclic amines) is 1. The van der Waals surface area contributed by atoms with Crippen LogP contribution in [0.1, 0.15) is 63.8 Å². The first-order valence-corrected chi connectivity index (χ1v) is 14.3. The van der Waals surface area contributed by atoms with E-state index in [-0.39, 0.29) is 33.8 Å². The summed E-state index contributed by atoms with van der Waals surface area (Å²) in [5, 5.41) is 11.3. The molecule has 1 atom stereocenters. The summed E-state index contributed by atoms with van der Waals surface area (Å²) >= 11 is 0. The fourth-order valence-electron chi connectivity index (χ4n) is 4.65. The predicted molar refractivity (Wildman–Crippen MR) is 147 cm³/mol. The minimum absolute atomic E-state index is 0.0183. The van der Waals surface area contributed by atoms with Crippen molar-refractivity contribution in [2.75, 3.05) is 33.4 Å². The highest BCUT2D eigenvalue weighted by Crippen LogP contribution is 2.40. The predicted octanol–water partition coefficient (Wildman–Crippen LogP) is 4.47. The Morgan fingerprint density at radius 2 is 1.58 bits per heavy atom. The average Bonchev–Trinajstić information content (AvgIpc) is 3.13. The smallest absolute Gasteiger partial charge is 0.295 e. The average molecular weight is 543 g/mol. The first-order valence-electron chi connectivity index (χ1n) is 12.9. The number of ketones is 1. The van der Waals surface area contributed by atoms with E-state index in [2.05, 4.69) is 20.8 Å². The van der Waals surface area contributed by atoms with Gasteiger partial charge in [0.05, 0.1) is 16.5 Å². The molecule has 0 bridgehead atoms. The summed E-state index contributed by atoms with van der Waals surface area (Å²) in [7, 11) is -2.11. The minimum Gasteiger partial charge on any atom is -0.507 e. The summed E-state index contributed by atoms with van der Waals surface area (Å²) in [5.74, 6) is -1.80. The third-order valence-electron chi connectivity index (χ3n) is 6.85. The van der Waals surface area contributed by atoms with Crippen LogP contribution in [0.15, 0.2) is 59.0 Å². The molecule has 1 N–H and O–H groups in total. The third-order valence-corrected chi connectivity index (χ3v) is 8.91. The third kappa shape index (κ3) is 5.85. The molecule has 1 aliphatic rings. The van der Waals surface area contributed by atoms with E-state index in [1.807, 2.05) is 24.3 Å². The largest absolute Gasteiger partial charge is 0.507 e. The Kier molecular flexibility index (Phi) is 9.17. The van der Waals surface area contributed by atoms with Gasteiger partial charge in [0.25, 0.3) is 11.7 Å². The van der Waals surface area contributed by atoms with Gasteiger partial charge >= 0.3 is 0 Å². The SMILES string of the molecule is CCN(CC)S(=O)(=O)c1ccc(/C(O)=C2/C(=O)C(=O)N(CCCOC)C2c2ccc(C(C)(C)C)cc2)cc1. The van der Waals surface area contributed by atoms with Gasteiger partial charge < -0.3 is 14.7 Å². The number of sulfonamides is 1. The summed E-state index contributed by atoms with van der Waals surface area (Å²) in [5.41, 5.74) is 1.97. The highest BCUT2D eigenvalue weighted by molar-refractivity contribution is 7.89. The van der Waals surface area contributed by atoms with Crippen LogP contribution in [0.4, 0.5) is 0 Å². The molecule has 206 valence electrons. The summed E-state index contributed by atoms with van der Waals surface area (Å²) in [6.45, 7) is 11.2. The molecule has 2 aromatic carbocycles. The zero-order valence-electron chi connectivity index (χ0n) is 23.0. The van der Waals surface area contributed by atoms with Gasteiger partial charge in [-0.1, -0.05) is 58.9 Å². The van der Waals surface area contributed by atoms with Crippen LogP contribution >= 0.6 is 0 Å². The fraction of sp³-hybridized carbons (Fsp3) is 0.448. The van der Waals surface area contributed by atoms with Gasteiger partial charge in [0.1, 0.15) is 5.76 Å². The number of aliphatic hydroxyl groups excluding tert-OH is 1. The van der Waals surface area contributed by atoms with Crippen molar-refractivity contribution in [1.29, 1.82) is 0 Å². The minimum atomic E-state index is -3.68. The van der Waals surface area contributed by atoms with Gasteiger partial charge in [-0.2, -0.15) is 4.31 Å². The fourth-order valence-corrected chi connectivity index (χ4v) is 6.11. The van der Waals surface area contributed by atoms with Crippen LogP contribution in [0.5, 0.6) is 0 Å². The van der Waals surface area contributed by atoms with Crippen LogP contribution in [0.25, 0.3) is 5.76 Å². The second kappa shape index (κ2) is 11.8. The summed E-state index contributed by atoms with van der Waals surface area (Å²) in [6.07, 6.45) is 0.526. The number of hydrogen-bond donors (Lipinski definition) is 1. The van der Waals surface area contributed by atoms with E-state index >= 15 is 0 Å². The van der Waals surface area contributed by atoms with Crippen molar-refractivity contribution in [3.8, 4) is 0 Å². The van der Waals surface area contributed by atoms with Gasteiger partial charge in [-0.3, -0.25) is 9.59 Å². The number of methoxy groups -OCH3 is 1. The Hall–Kier alpha value is -3.01. The highest BCUT2D eigenvalue weighted by atomic mass is 32.2. The lowest BCUT2D eigenvalue weighted by molar-refractivity contribution is -0.140. The molecule has 0 saturated carbocycles. The molecule has 1 amide bonds. The van der Waals surface area contributed by atoms with Crippen LogP contribution in [0.3, 0.4) is 0 Å². The van der Waals surface area contributed by atoms with Gasteiger partial charge in [0, 0.05) is 38.9 Å². The maximum atomic E-state index is 13.2. The standard InChI is InChI=1S/C29H38N2O6S/c1-7-30(8-2)38(35,36)23-16-12-21(13-17-23)26(32)24-25(20-10-14-22(15-11-20)29(3,4)5)31(18-9-19-37-6)28(34)27(24)33/h10-17,25,32H,7-9,18-19H2,1-6H3/b26-24-. The number of benzene rings is 2. The molecule has 2 aromatic rings. The van der Waals surface area contributed by atoms with Crippen molar-refractivity contribution in [3.05, 3.63) is 70.8 Å². The number of carbonyl (C=O) groups excluding carboxylic acids is 2. The second-order valence-electron chi connectivity index (χ2n) is 10.3. The molecule has 0 aromatic heterocycles. The van der Waals surface area contributed by atoms with Crippen LogP contribution in [0.2, 0.25) is 0 Å². The van der Waals surface area contributed by atoms with Gasteiger partial charge in [-0.05, 0) is 47.2 Å². The molecule has 0 radical (unpaired) electrons. The van der Waals surface area contributed by atoms with Crippen molar-refractivity contribution >= 4 is 27.5 Å². The van der Waals surface area contributed by atoms with E-state index in [0.717, 1.165) is 5.56 Å². The number of hydrogen-bond acceptors (Lipinski definition) is 6. The maximum absolute atomic E-state index is 13.2. The van der Waals surface area contributed by atoms with Crippen molar-refractivity contribution < 1.29 is 27.9 Å². The molecular formula is C29H38N2O6S. The Balaban J connectivity index is 2.09. The van der Waals surface area contributed by atoms with Crippen LogP contribution in [-0.2, 0) is 29.8 Å². The Bertz CT molecular complexity index is 1290. The number of ether oxygens (including phenoxy) is 1. The lowest BCUT2D eigenvalue weighted by atomic mass is 9.85. The molecule has 1 heterocycles. The molecule has 1 saturated heterocycles. The van der Waals surface area contributed by atoms with Crippen molar-refractivity contribution in [2.24, 2.45) is 0 Å². The first-order chi connectivity index (χ1) is 17.9. The molecule has 9 heteroatoms. The van der Waals surface area contributed by atoms with Gasteiger partial charge in [0.2, 0.25) is 10.0 Å². The molecule has 38 heavy (non-hydrogen) atoms. The molecule has 1 unspecified atom stereocenters. The zero-order chi connectivity index (χ0) is 28.3. The molecule has 1 aliphatic heterocycles. The van der Waals surface area contributed by atoms with Crippen LogP contribution < -0.4 is 0 Å². The topological polar surface area (TPSA) is 104 Å². The van der Waals surface area contributed by atoms with Crippen LogP contribution in [-0.4, -0.2) is 67.8 Å². The summed E-state index contributed by atoms with van der Waals surface area (Å²) in [6, 6.07) is 12.7. The molecule has 0 aliphatic carbocycles. The lowest BCUT2D eigenvalue weighted by Gasteiger charge is -2.26. The molecule has 1 fully saturated rings.